The van der Waals surface area contributed by atoms with Crippen LogP contribution in [0.4, 0.5) is 0 Å². The molecule has 0 saturated carbocycles. The molecule has 0 aliphatic rings. The number of aromatic nitrogens is 3. The number of hydrogen-bond acceptors (Lipinski definition) is 5. The number of aliphatic hydroxyl groups excluding tert-OH is 1. The molecule has 0 unspecified atom stereocenters. The van der Waals surface area contributed by atoms with Crippen LogP contribution in [-0.4, -0.2) is 37.3 Å². The summed E-state index contributed by atoms with van der Waals surface area (Å²) in [6.45, 7) is 1.96. The van der Waals surface area contributed by atoms with Crippen molar-refractivity contribution in [1.29, 1.82) is 0 Å². The summed E-state index contributed by atoms with van der Waals surface area (Å²) in [4.78, 5) is 24.5. The maximum atomic E-state index is 12.7. The highest BCUT2D eigenvalue weighted by Crippen LogP contribution is 2.23. The number of rotatable bonds is 9. The minimum absolute atomic E-state index is 0.0550. The summed E-state index contributed by atoms with van der Waals surface area (Å²) in [5.41, 5.74) is 4.24. The van der Waals surface area contributed by atoms with Crippen molar-refractivity contribution in [3.8, 4) is 11.1 Å². The predicted octanol–water partition coefficient (Wildman–Crippen LogP) is 4.50. The van der Waals surface area contributed by atoms with Gasteiger partial charge in [0, 0.05) is 11.6 Å². The first-order chi connectivity index (χ1) is 16.8. The van der Waals surface area contributed by atoms with Crippen LogP contribution in [0.1, 0.15) is 24.0 Å². The largest absolute Gasteiger partial charge is 0.481 e. The van der Waals surface area contributed by atoms with Crippen LogP contribution >= 0.6 is 11.6 Å². The van der Waals surface area contributed by atoms with E-state index in [1.165, 1.54) is 0 Å². The van der Waals surface area contributed by atoms with E-state index in [1.807, 2.05) is 61.5 Å². The summed E-state index contributed by atoms with van der Waals surface area (Å²) in [6, 6.07) is 20.8. The number of aryl methyl sites for hydroxylation is 3. The molecule has 0 radical (unpaired) electrons. The quantitative estimate of drug-likeness (QED) is 0.357. The SMILES string of the molecule is Cc1ccc2c(=O)n(CC[C@H](C(=O)O)[C@H](O)CCc3ccc(-c4ccc(Cl)cc4)cc3)nnc2c1. The van der Waals surface area contributed by atoms with Crippen molar-refractivity contribution in [2.45, 2.75) is 38.8 Å². The first-order valence-corrected chi connectivity index (χ1v) is 11.8. The molecule has 7 nitrogen and oxygen atoms in total. The van der Waals surface area contributed by atoms with Crippen molar-refractivity contribution < 1.29 is 15.0 Å². The van der Waals surface area contributed by atoms with Crippen molar-refractivity contribution in [2.75, 3.05) is 0 Å². The Hall–Kier alpha value is -3.55. The number of aliphatic carboxylic acids is 1. The average Bonchev–Trinajstić information content (AvgIpc) is 2.84. The predicted molar refractivity (Wildman–Crippen MR) is 135 cm³/mol. The summed E-state index contributed by atoms with van der Waals surface area (Å²) in [5.74, 6) is -2.13. The maximum Gasteiger partial charge on any atom is 0.309 e. The number of carbonyl (C=O) groups is 1. The lowest BCUT2D eigenvalue weighted by Crippen LogP contribution is -2.32. The highest BCUT2D eigenvalue weighted by atomic mass is 35.5. The third kappa shape index (κ3) is 5.93. The lowest BCUT2D eigenvalue weighted by Gasteiger charge is -2.19. The van der Waals surface area contributed by atoms with Gasteiger partial charge in [0.1, 0.15) is 5.52 Å². The van der Waals surface area contributed by atoms with Crippen LogP contribution in [0, 0.1) is 12.8 Å². The summed E-state index contributed by atoms with van der Waals surface area (Å²) >= 11 is 5.95. The Kier molecular flexibility index (Phi) is 7.58. The summed E-state index contributed by atoms with van der Waals surface area (Å²) in [5, 5.41) is 29.4. The number of halogens is 1. The lowest BCUT2D eigenvalue weighted by atomic mass is 9.93. The number of carboxylic acids is 1. The zero-order valence-electron chi connectivity index (χ0n) is 19.3. The van der Waals surface area contributed by atoms with E-state index in [0.717, 1.165) is 26.9 Å². The molecule has 0 aliphatic heterocycles. The Morgan fingerprint density at radius 3 is 2.31 bits per heavy atom. The van der Waals surface area contributed by atoms with Crippen LogP contribution in [0.3, 0.4) is 0 Å². The minimum Gasteiger partial charge on any atom is -0.481 e. The molecule has 2 N–H and O–H groups in total. The minimum atomic E-state index is -1.10. The third-order valence-corrected chi connectivity index (χ3v) is 6.42. The van der Waals surface area contributed by atoms with Crippen molar-refractivity contribution in [3.63, 3.8) is 0 Å². The van der Waals surface area contributed by atoms with Gasteiger partial charge in [-0.15, -0.1) is 5.10 Å². The fourth-order valence-electron chi connectivity index (χ4n) is 4.10. The van der Waals surface area contributed by atoms with Crippen LogP contribution in [0.5, 0.6) is 0 Å². The van der Waals surface area contributed by atoms with E-state index in [2.05, 4.69) is 10.3 Å². The Morgan fingerprint density at radius 1 is 1.00 bits per heavy atom. The number of aliphatic hydroxyl groups is 1. The molecular formula is C27H26ClN3O4. The van der Waals surface area contributed by atoms with Gasteiger partial charge in [-0.25, -0.2) is 4.68 Å². The molecule has 35 heavy (non-hydrogen) atoms. The smallest absolute Gasteiger partial charge is 0.309 e. The van der Waals surface area contributed by atoms with Crippen molar-refractivity contribution in [3.05, 3.63) is 93.2 Å². The Balaban J connectivity index is 1.38. The molecule has 3 aromatic carbocycles. The number of carboxylic acid groups (broad SMARTS) is 1. The Labute approximate surface area is 207 Å². The molecular weight excluding hydrogens is 466 g/mol. The monoisotopic (exact) mass is 491 g/mol. The van der Waals surface area contributed by atoms with E-state index < -0.39 is 18.0 Å². The molecule has 4 rings (SSSR count). The fourth-order valence-corrected chi connectivity index (χ4v) is 4.22. The summed E-state index contributed by atoms with van der Waals surface area (Å²) in [6.07, 6.45) is -0.177. The van der Waals surface area contributed by atoms with Crippen LogP contribution < -0.4 is 5.56 Å². The number of benzene rings is 3. The van der Waals surface area contributed by atoms with Crippen LogP contribution in [0.25, 0.3) is 22.0 Å². The second-order valence-corrected chi connectivity index (χ2v) is 9.12. The number of hydrogen-bond donors (Lipinski definition) is 2. The molecule has 0 fully saturated rings. The molecule has 0 bridgehead atoms. The van der Waals surface area contributed by atoms with Crippen LogP contribution in [0.2, 0.25) is 5.02 Å². The number of nitrogens with zero attached hydrogens (tertiary/aromatic N) is 3. The zero-order valence-corrected chi connectivity index (χ0v) is 20.0. The average molecular weight is 492 g/mol. The summed E-state index contributed by atoms with van der Waals surface area (Å²) < 4.78 is 1.16. The van der Waals surface area contributed by atoms with Gasteiger partial charge in [0.05, 0.1) is 17.4 Å². The van der Waals surface area contributed by atoms with Gasteiger partial charge in [0.2, 0.25) is 0 Å². The van der Waals surface area contributed by atoms with Gasteiger partial charge in [-0.3, -0.25) is 9.59 Å². The van der Waals surface area contributed by atoms with Gasteiger partial charge in [0.25, 0.3) is 5.56 Å². The molecule has 4 aromatic rings. The van der Waals surface area contributed by atoms with Gasteiger partial charge >= 0.3 is 5.97 Å². The third-order valence-electron chi connectivity index (χ3n) is 6.17. The first-order valence-electron chi connectivity index (χ1n) is 11.4. The second-order valence-electron chi connectivity index (χ2n) is 8.68. The topological polar surface area (TPSA) is 105 Å². The molecule has 0 saturated heterocycles. The van der Waals surface area contributed by atoms with Gasteiger partial charge in [-0.2, -0.15) is 0 Å². The fraction of sp³-hybridized carbons (Fsp3) is 0.259. The van der Waals surface area contributed by atoms with Crippen molar-refractivity contribution in [2.24, 2.45) is 5.92 Å². The molecule has 0 spiro atoms. The Bertz CT molecular complexity index is 1380. The van der Waals surface area contributed by atoms with Gasteiger partial charge in [-0.05, 0) is 72.7 Å². The maximum absolute atomic E-state index is 12.7. The highest BCUT2D eigenvalue weighted by molar-refractivity contribution is 6.30. The van der Waals surface area contributed by atoms with E-state index in [0.29, 0.717) is 22.3 Å². The molecule has 8 heteroatoms. The standard InChI is InChI=1S/C27H26ClN3O4/c1-17-2-12-22-24(16-17)29-30-31(26(22)33)15-14-23(27(34)35)25(32)13-5-18-3-6-19(7-4-18)20-8-10-21(28)11-9-20/h2-4,6-12,16,23,25,32H,5,13-15H2,1H3,(H,34,35)/t23-,25+/m0/s1. The number of fused-ring (bicyclic) bond motifs is 1. The molecule has 2 atom stereocenters. The molecule has 180 valence electrons. The normalized spacial score (nSPS) is 13.0. The van der Waals surface area contributed by atoms with E-state index in [4.69, 9.17) is 11.6 Å². The highest BCUT2D eigenvalue weighted by Gasteiger charge is 2.26. The van der Waals surface area contributed by atoms with Crippen LogP contribution in [0.15, 0.2) is 71.5 Å². The molecule has 0 aliphatic carbocycles. The van der Waals surface area contributed by atoms with Gasteiger partial charge in [0.15, 0.2) is 0 Å². The van der Waals surface area contributed by atoms with Crippen molar-refractivity contribution in [1.82, 2.24) is 15.0 Å². The zero-order chi connectivity index (χ0) is 24.9. The summed E-state index contributed by atoms with van der Waals surface area (Å²) in [7, 11) is 0. The van der Waals surface area contributed by atoms with Gasteiger partial charge in [-0.1, -0.05) is 59.3 Å². The van der Waals surface area contributed by atoms with E-state index in [9.17, 15) is 19.8 Å². The van der Waals surface area contributed by atoms with Crippen LogP contribution in [-0.2, 0) is 17.8 Å². The Morgan fingerprint density at radius 2 is 1.66 bits per heavy atom. The molecule has 0 amide bonds. The second kappa shape index (κ2) is 10.8. The van der Waals surface area contributed by atoms with E-state index in [-0.39, 0.29) is 24.9 Å². The van der Waals surface area contributed by atoms with E-state index in [1.54, 1.807) is 12.1 Å². The van der Waals surface area contributed by atoms with Crippen molar-refractivity contribution >= 4 is 28.5 Å². The molecule has 1 aromatic heterocycles. The first kappa shape index (κ1) is 24.6. The molecule has 1 heterocycles. The van der Waals surface area contributed by atoms with E-state index >= 15 is 0 Å². The lowest BCUT2D eigenvalue weighted by molar-refractivity contribution is -0.146. The van der Waals surface area contributed by atoms with Gasteiger partial charge < -0.3 is 10.2 Å².